The molecule has 4 nitrogen and oxygen atoms in total. The summed E-state index contributed by atoms with van der Waals surface area (Å²) in [6.07, 6.45) is 3.56. The van der Waals surface area contributed by atoms with Crippen molar-refractivity contribution < 1.29 is 13.4 Å². The van der Waals surface area contributed by atoms with Crippen LogP contribution >= 0.6 is 0 Å². The molecule has 0 saturated heterocycles. The Bertz CT molecular complexity index is 687. The zero-order valence-electron chi connectivity index (χ0n) is 11.9. The number of pyridine rings is 1. The van der Waals surface area contributed by atoms with Crippen molar-refractivity contribution in [3.63, 3.8) is 0 Å². The number of benzene rings is 1. The molecule has 0 radical (unpaired) electrons. The summed E-state index contributed by atoms with van der Waals surface area (Å²) in [7, 11) is -3.50. The predicted octanol–water partition coefficient (Wildman–Crippen LogP) is 1.90. The second-order valence-electron chi connectivity index (χ2n) is 4.96. The zero-order valence-corrected chi connectivity index (χ0v) is 12.7. The lowest BCUT2D eigenvalue weighted by Crippen LogP contribution is -2.25. The van der Waals surface area contributed by atoms with Gasteiger partial charge in [0.1, 0.15) is 0 Å². The van der Waals surface area contributed by atoms with Crippen LogP contribution in [-0.2, 0) is 16.6 Å². The highest BCUT2D eigenvalue weighted by Crippen LogP contribution is 2.21. The van der Waals surface area contributed by atoms with Gasteiger partial charge in [0.15, 0.2) is 12.4 Å². The molecule has 2 aromatic rings. The van der Waals surface area contributed by atoms with Crippen molar-refractivity contribution in [2.45, 2.75) is 32.2 Å². The van der Waals surface area contributed by atoms with Crippen molar-refractivity contribution in [1.29, 1.82) is 0 Å². The van der Waals surface area contributed by atoms with Crippen LogP contribution in [-0.4, -0.2) is 8.42 Å². The average Bonchev–Trinajstić information content (AvgIpc) is 2.36. The lowest BCUT2D eigenvalue weighted by molar-refractivity contribution is -0.378. The number of H-pyrrole nitrogens is 1. The molecule has 2 rings (SSSR count). The molecular weight excluding hydrogens is 272 g/mol. The maximum atomic E-state index is 12.4. The van der Waals surface area contributed by atoms with Gasteiger partial charge >= 0.3 is 0 Å². The quantitative estimate of drug-likeness (QED) is 0.935. The number of hydrogen-bond acceptors (Lipinski definition) is 2. The Labute approximate surface area is 119 Å². The molecule has 0 aliphatic heterocycles. The average molecular weight is 291 g/mol. The fourth-order valence-corrected chi connectivity index (χ4v) is 3.85. The van der Waals surface area contributed by atoms with Gasteiger partial charge in [0, 0.05) is 18.2 Å². The van der Waals surface area contributed by atoms with Crippen LogP contribution in [0.3, 0.4) is 0 Å². The van der Waals surface area contributed by atoms with Gasteiger partial charge in [0.2, 0.25) is 10.0 Å². The van der Waals surface area contributed by atoms with Crippen molar-refractivity contribution in [3.05, 3.63) is 58.9 Å². The van der Waals surface area contributed by atoms with E-state index in [2.05, 4.69) is 9.71 Å². The maximum Gasteiger partial charge on any atom is 0.241 e. The summed E-state index contributed by atoms with van der Waals surface area (Å²) >= 11 is 0. The summed E-state index contributed by atoms with van der Waals surface area (Å²) in [6, 6.07) is 7.48. The fourth-order valence-electron chi connectivity index (χ4n) is 2.38. The van der Waals surface area contributed by atoms with E-state index >= 15 is 0 Å². The normalized spacial score (nSPS) is 11.6. The minimum atomic E-state index is -3.50. The van der Waals surface area contributed by atoms with Gasteiger partial charge in [-0.1, -0.05) is 17.7 Å². The van der Waals surface area contributed by atoms with Gasteiger partial charge in [0.25, 0.3) is 0 Å². The number of aromatic nitrogens is 1. The molecule has 0 bridgehead atoms. The van der Waals surface area contributed by atoms with Crippen LogP contribution in [0.5, 0.6) is 0 Å². The molecule has 106 valence electrons. The lowest BCUT2D eigenvalue weighted by Gasteiger charge is -2.12. The van der Waals surface area contributed by atoms with Gasteiger partial charge in [-0.25, -0.2) is 18.1 Å². The van der Waals surface area contributed by atoms with E-state index in [1.807, 2.05) is 45.0 Å². The lowest BCUT2D eigenvalue weighted by atomic mass is 10.1. The maximum absolute atomic E-state index is 12.4. The van der Waals surface area contributed by atoms with Crippen molar-refractivity contribution in [3.8, 4) is 0 Å². The van der Waals surface area contributed by atoms with Crippen LogP contribution in [0.2, 0.25) is 0 Å². The topological polar surface area (TPSA) is 60.3 Å². The van der Waals surface area contributed by atoms with E-state index in [0.717, 1.165) is 22.3 Å². The van der Waals surface area contributed by atoms with Gasteiger partial charge in [0.05, 0.1) is 4.90 Å². The monoisotopic (exact) mass is 291 g/mol. The van der Waals surface area contributed by atoms with E-state index in [1.54, 1.807) is 12.4 Å². The van der Waals surface area contributed by atoms with Crippen LogP contribution in [0, 0.1) is 20.8 Å². The first-order valence-corrected chi connectivity index (χ1v) is 7.91. The Kier molecular flexibility index (Phi) is 4.20. The molecule has 0 amide bonds. The molecule has 1 aromatic carbocycles. The highest BCUT2D eigenvalue weighted by atomic mass is 32.2. The van der Waals surface area contributed by atoms with E-state index in [4.69, 9.17) is 0 Å². The summed E-state index contributed by atoms with van der Waals surface area (Å²) < 4.78 is 27.5. The first-order valence-electron chi connectivity index (χ1n) is 6.42. The molecule has 1 heterocycles. The first-order chi connectivity index (χ1) is 9.40. The minimum Gasteiger partial charge on any atom is -0.218 e. The van der Waals surface area contributed by atoms with Crippen LogP contribution < -0.4 is 9.71 Å². The number of sulfonamides is 1. The SMILES string of the molecule is Cc1cc(C)c(S(=O)(=O)NCc2ccc[nH+]c2)c(C)c1. The molecule has 0 unspecified atom stereocenters. The van der Waals surface area contributed by atoms with Crippen molar-refractivity contribution in [2.24, 2.45) is 0 Å². The minimum absolute atomic E-state index is 0.270. The molecule has 0 saturated carbocycles. The summed E-state index contributed by atoms with van der Waals surface area (Å²) in [5.74, 6) is 0. The van der Waals surface area contributed by atoms with E-state index < -0.39 is 10.0 Å². The largest absolute Gasteiger partial charge is 0.241 e. The number of hydrogen-bond donors (Lipinski definition) is 1. The summed E-state index contributed by atoms with van der Waals surface area (Å²) in [5.41, 5.74) is 3.50. The van der Waals surface area contributed by atoms with Crippen molar-refractivity contribution in [2.75, 3.05) is 0 Å². The Balaban J connectivity index is 2.28. The highest BCUT2D eigenvalue weighted by Gasteiger charge is 2.19. The molecule has 5 heteroatoms. The molecule has 0 aliphatic rings. The zero-order chi connectivity index (χ0) is 14.8. The van der Waals surface area contributed by atoms with E-state index in [1.165, 1.54) is 0 Å². The molecular formula is C15H19N2O2S+. The van der Waals surface area contributed by atoms with Crippen LogP contribution in [0.4, 0.5) is 0 Å². The van der Waals surface area contributed by atoms with Gasteiger partial charge in [-0.3, -0.25) is 0 Å². The Morgan fingerprint density at radius 2 is 1.80 bits per heavy atom. The van der Waals surface area contributed by atoms with Crippen molar-refractivity contribution >= 4 is 10.0 Å². The standard InChI is InChI=1S/C15H18N2O2S/c1-11-7-12(2)15(13(3)8-11)20(18,19)17-10-14-5-4-6-16-9-14/h4-9,17H,10H2,1-3H3/p+1. The molecule has 2 N–H and O–H groups in total. The summed E-state index contributed by atoms with van der Waals surface area (Å²) in [5, 5.41) is 0. The predicted molar refractivity (Wildman–Crippen MR) is 77.7 cm³/mol. The third-order valence-corrected chi connectivity index (χ3v) is 4.82. The first kappa shape index (κ1) is 14.7. The van der Waals surface area contributed by atoms with Crippen molar-refractivity contribution in [1.82, 2.24) is 4.72 Å². The van der Waals surface area contributed by atoms with Crippen LogP contribution in [0.1, 0.15) is 22.3 Å². The Morgan fingerprint density at radius 1 is 1.15 bits per heavy atom. The fraction of sp³-hybridized carbons (Fsp3) is 0.267. The van der Waals surface area contributed by atoms with E-state index in [-0.39, 0.29) is 6.54 Å². The number of nitrogens with one attached hydrogen (secondary N) is 2. The number of aryl methyl sites for hydroxylation is 3. The third-order valence-electron chi connectivity index (χ3n) is 3.11. The smallest absolute Gasteiger partial charge is 0.218 e. The molecule has 0 atom stereocenters. The second kappa shape index (κ2) is 5.73. The van der Waals surface area contributed by atoms with Gasteiger partial charge < -0.3 is 0 Å². The van der Waals surface area contributed by atoms with Crippen LogP contribution in [0.15, 0.2) is 41.6 Å². The number of rotatable bonds is 4. The van der Waals surface area contributed by atoms with E-state index in [0.29, 0.717) is 4.90 Å². The van der Waals surface area contributed by atoms with E-state index in [9.17, 15) is 8.42 Å². The molecule has 1 aromatic heterocycles. The molecule has 0 aliphatic carbocycles. The highest BCUT2D eigenvalue weighted by molar-refractivity contribution is 7.89. The molecule has 0 spiro atoms. The second-order valence-corrected chi connectivity index (χ2v) is 6.67. The summed E-state index contributed by atoms with van der Waals surface area (Å²) in [6.45, 7) is 5.88. The third kappa shape index (κ3) is 3.23. The van der Waals surface area contributed by atoms with Crippen LogP contribution in [0.25, 0.3) is 0 Å². The van der Waals surface area contributed by atoms with Gasteiger partial charge in [-0.15, -0.1) is 0 Å². The summed E-state index contributed by atoms with van der Waals surface area (Å²) in [4.78, 5) is 3.31. The van der Waals surface area contributed by atoms with Gasteiger partial charge in [-0.05, 0) is 38.0 Å². The number of aromatic amines is 1. The Hall–Kier alpha value is -1.72. The Morgan fingerprint density at radius 3 is 2.35 bits per heavy atom. The molecule has 0 fully saturated rings. The molecule has 20 heavy (non-hydrogen) atoms. The van der Waals surface area contributed by atoms with Gasteiger partial charge in [-0.2, -0.15) is 0 Å².